The van der Waals surface area contributed by atoms with Gasteiger partial charge in [-0.25, -0.2) is 0 Å². The largest absolute Gasteiger partial charge is 1.00 e. The molecule has 1 nitrogen and oxygen atoms in total. The first-order valence-electron chi connectivity index (χ1n) is 3.55. The van der Waals surface area contributed by atoms with Crippen LogP contribution in [-0.2, 0) is 4.74 Å². The van der Waals surface area contributed by atoms with Gasteiger partial charge < -0.3 is 11.7 Å². The van der Waals surface area contributed by atoms with Gasteiger partial charge >= 0.3 is 18.9 Å². The van der Waals surface area contributed by atoms with Gasteiger partial charge in [-0.15, -0.1) is 0 Å². The molecule has 0 fully saturated rings. The van der Waals surface area contributed by atoms with Gasteiger partial charge in [-0.05, 0) is 13.8 Å². The van der Waals surface area contributed by atoms with Crippen LogP contribution in [0.25, 0.3) is 0 Å². The summed E-state index contributed by atoms with van der Waals surface area (Å²) in [5.74, 6) is 0.583. The van der Waals surface area contributed by atoms with Crippen LogP contribution in [0.3, 0.4) is 0 Å². The fourth-order valence-electron chi connectivity index (χ4n) is 0.204. The summed E-state index contributed by atoms with van der Waals surface area (Å²) in [5.41, 5.74) is 0. The maximum atomic E-state index is 4.83. The molecule has 0 radical (unpaired) electrons. The standard InChI is InChI=1S/C4H10O.C4H9.Li/c1-3-5-4-2;1-4(2)3;/h3-4H2,1-2H3;4H,1H2,2-3H3;/q;-1;+1. The molecule has 0 N–H and O–H groups in total. The zero-order chi connectivity index (χ0) is 7.70. The van der Waals surface area contributed by atoms with Crippen molar-refractivity contribution >= 4 is 0 Å². The molecule has 0 aliphatic carbocycles. The molecule has 0 atom stereocenters. The molecule has 0 saturated carbocycles. The van der Waals surface area contributed by atoms with Crippen molar-refractivity contribution in [1.82, 2.24) is 0 Å². The van der Waals surface area contributed by atoms with Crippen molar-refractivity contribution in [2.24, 2.45) is 5.92 Å². The second kappa shape index (κ2) is 16.3. The van der Waals surface area contributed by atoms with E-state index in [9.17, 15) is 0 Å². The molecule has 0 heterocycles. The third-order valence-corrected chi connectivity index (χ3v) is 0.408. The van der Waals surface area contributed by atoms with Crippen LogP contribution in [0, 0.1) is 12.8 Å². The van der Waals surface area contributed by atoms with Gasteiger partial charge in [0.05, 0.1) is 0 Å². The zero-order valence-corrected chi connectivity index (χ0v) is 8.11. The molecule has 0 unspecified atom stereocenters. The maximum absolute atomic E-state index is 4.83. The molecule has 0 bridgehead atoms. The Morgan fingerprint density at radius 1 is 1.20 bits per heavy atom. The average molecular weight is 138 g/mol. The van der Waals surface area contributed by atoms with Gasteiger partial charge in [0, 0.05) is 13.2 Å². The van der Waals surface area contributed by atoms with E-state index in [0.717, 1.165) is 13.2 Å². The summed E-state index contributed by atoms with van der Waals surface area (Å²) < 4.78 is 4.83. The van der Waals surface area contributed by atoms with E-state index in [4.69, 9.17) is 4.74 Å². The minimum absolute atomic E-state index is 0. The van der Waals surface area contributed by atoms with Crippen molar-refractivity contribution in [3.8, 4) is 0 Å². The van der Waals surface area contributed by atoms with E-state index in [1.54, 1.807) is 0 Å². The van der Waals surface area contributed by atoms with Gasteiger partial charge in [0.2, 0.25) is 0 Å². The van der Waals surface area contributed by atoms with Crippen LogP contribution in [0.15, 0.2) is 0 Å². The van der Waals surface area contributed by atoms with Gasteiger partial charge in [-0.3, -0.25) is 0 Å². The van der Waals surface area contributed by atoms with Crippen LogP contribution >= 0.6 is 0 Å². The Kier molecular flexibility index (Phi) is 27.5. The molecular formula is C8H19LiO. The second-order valence-corrected chi connectivity index (χ2v) is 2.18. The summed E-state index contributed by atoms with van der Waals surface area (Å²) in [6, 6.07) is 0. The van der Waals surface area contributed by atoms with Crippen molar-refractivity contribution in [2.75, 3.05) is 13.2 Å². The Balaban J connectivity index is -0.0000000910. The topological polar surface area (TPSA) is 9.23 Å². The predicted octanol–water partition coefficient (Wildman–Crippen LogP) is -0.477. The monoisotopic (exact) mass is 138 g/mol. The molecule has 0 amide bonds. The Morgan fingerprint density at radius 2 is 1.40 bits per heavy atom. The Hall–Kier alpha value is 0.557. The smallest absolute Gasteiger partial charge is 0.382 e. The number of rotatable bonds is 2. The average Bonchev–Trinajstić information content (AvgIpc) is 1.66. The molecule has 0 aliphatic heterocycles. The van der Waals surface area contributed by atoms with Crippen molar-refractivity contribution in [3.63, 3.8) is 0 Å². The van der Waals surface area contributed by atoms with Gasteiger partial charge in [0.15, 0.2) is 0 Å². The molecular weight excluding hydrogens is 119 g/mol. The molecule has 0 saturated heterocycles. The molecule has 10 heavy (non-hydrogen) atoms. The zero-order valence-electron chi connectivity index (χ0n) is 8.11. The first-order valence-corrected chi connectivity index (χ1v) is 3.55. The Labute approximate surface area is 77.7 Å². The molecule has 0 aliphatic rings. The summed E-state index contributed by atoms with van der Waals surface area (Å²) >= 11 is 0. The summed E-state index contributed by atoms with van der Waals surface area (Å²) in [7, 11) is 0. The predicted molar refractivity (Wildman–Crippen MR) is 42.4 cm³/mol. The van der Waals surface area contributed by atoms with Crippen molar-refractivity contribution in [1.29, 1.82) is 0 Å². The van der Waals surface area contributed by atoms with Crippen LogP contribution in [-0.4, -0.2) is 13.2 Å². The maximum Gasteiger partial charge on any atom is 1.00 e. The van der Waals surface area contributed by atoms with Gasteiger partial charge in [-0.2, -0.15) is 5.92 Å². The van der Waals surface area contributed by atoms with Crippen molar-refractivity contribution in [2.45, 2.75) is 27.7 Å². The van der Waals surface area contributed by atoms with Crippen LogP contribution in [0.4, 0.5) is 0 Å². The van der Waals surface area contributed by atoms with E-state index >= 15 is 0 Å². The minimum atomic E-state index is 0. The second-order valence-electron chi connectivity index (χ2n) is 2.18. The molecule has 0 aromatic carbocycles. The first-order chi connectivity index (χ1) is 4.15. The molecule has 0 aromatic rings. The van der Waals surface area contributed by atoms with Crippen molar-refractivity contribution < 1.29 is 23.6 Å². The number of hydrogen-bond donors (Lipinski definition) is 0. The van der Waals surface area contributed by atoms with Gasteiger partial charge in [0.1, 0.15) is 0 Å². The third kappa shape index (κ3) is 74.7. The minimum Gasteiger partial charge on any atom is -0.382 e. The van der Waals surface area contributed by atoms with Crippen LogP contribution in [0.2, 0.25) is 0 Å². The molecule has 0 aromatic heterocycles. The van der Waals surface area contributed by atoms with E-state index in [1.165, 1.54) is 0 Å². The first kappa shape index (κ1) is 16.9. The molecule has 58 valence electrons. The SMILES string of the molecule is CCOCC.[CH2-]C(C)C.[Li+]. The summed E-state index contributed by atoms with van der Waals surface area (Å²) in [4.78, 5) is 0. The summed E-state index contributed by atoms with van der Waals surface area (Å²) in [5, 5.41) is 0. The number of ether oxygens (including phenoxy) is 1. The van der Waals surface area contributed by atoms with Gasteiger partial charge in [0.25, 0.3) is 0 Å². The van der Waals surface area contributed by atoms with E-state index in [1.807, 2.05) is 13.8 Å². The van der Waals surface area contributed by atoms with E-state index in [0.29, 0.717) is 5.92 Å². The summed E-state index contributed by atoms with van der Waals surface area (Å²) in [6.07, 6.45) is 0. The van der Waals surface area contributed by atoms with Crippen LogP contribution in [0.1, 0.15) is 27.7 Å². The Morgan fingerprint density at radius 3 is 1.40 bits per heavy atom. The number of hydrogen-bond acceptors (Lipinski definition) is 1. The quantitative estimate of drug-likeness (QED) is 0.370. The van der Waals surface area contributed by atoms with Gasteiger partial charge in [-0.1, -0.05) is 13.8 Å². The van der Waals surface area contributed by atoms with E-state index in [2.05, 4.69) is 20.8 Å². The van der Waals surface area contributed by atoms with Crippen LogP contribution in [0.5, 0.6) is 0 Å². The van der Waals surface area contributed by atoms with E-state index < -0.39 is 0 Å². The van der Waals surface area contributed by atoms with Crippen molar-refractivity contribution in [3.05, 3.63) is 6.92 Å². The van der Waals surface area contributed by atoms with Crippen LogP contribution < -0.4 is 18.9 Å². The summed E-state index contributed by atoms with van der Waals surface area (Å²) in [6.45, 7) is 13.4. The molecule has 2 heteroatoms. The fraction of sp³-hybridized carbons (Fsp3) is 0.875. The molecule has 0 rings (SSSR count). The third-order valence-electron chi connectivity index (χ3n) is 0.408. The molecule has 0 spiro atoms. The Bertz CT molecular complexity index is 33.5. The van der Waals surface area contributed by atoms with E-state index in [-0.39, 0.29) is 18.9 Å². The fourth-order valence-corrected chi connectivity index (χ4v) is 0.204. The normalized spacial score (nSPS) is 7.80.